The Kier molecular flexibility index (Phi) is 5.84. The standard InChI is InChI=1S/C21H21F2NO3/c1-13(15-7-6-14-4-2-3-5-16(14)8-15)24-20(25)12-27-21(26)17-9-18(22)11-19(23)10-17/h6-11,13H,2-5,12H2,1H3,(H,24,25)/t13-/m1/s1. The molecule has 0 unspecified atom stereocenters. The Morgan fingerprint density at radius 1 is 1.04 bits per heavy atom. The maximum absolute atomic E-state index is 13.1. The van der Waals surface area contributed by atoms with Gasteiger partial charge >= 0.3 is 5.97 Å². The van der Waals surface area contributed by atoms with E-state index in [9.17, 15) is 18.4 Å². The molecule has 0 saturated carbocycles. The highest BCUT2D eigenvalue weighted by atomic mass is 19.1. The van der Waals surface area contributed by atoms with E-state index < -0.39 is 30.1 Å². The Bertz CT molecular complexity index is 846. The third-order valence-electron chi connectivity index (χ3n) is 4.68. The largest absolute Gasteiger partial charge is 0.452 e. The van der Waals surface area contributed by atoms with Gasteiger partial charge in [0.2, 0.25) is 0 Å². The SMILES string of the molecule is C[C@@H](NC(=O)COC(=O)c1cc(F)cc(F)c1)c1ccc2c(c1)CCCC2. The lowest BCUT2D eigenvalue weighted by atomic mass is 9.89. The van der Waals surface area contributed by atoms with Gasteiger partial charge in [0.25, 0.3) is 5.91 Å². The van der Waals surface area contributed by atoms with Gasteiger partial charge in [-0.15, -0.1) is 0 Å². The van der Waals surface area contributed by atoms with E-state index in [1.807, 2.05) is 13.0 Å². The Labute approximate surface area is 156 Å². The number of benzene rings is 2. The number of amides is 1. The summed E-state index contributed by atoms with van der Waals surface area (Å²) in [7, 11) is 0. The number of fused-ring (bicyclic) bond motifs is 1. The van der Waals surface area contributed by atoms with Crippen LogP contribution in [-0.4, -0.2) is 18.5 Å². The van der Waals surface area contributed by atoms with Crippen LogP contribution in [0.3, 0.4) is 0 Å². The molecule has 0 heterocycles. The zero-order chi connectivity index (χ0) is 19.4. The summed E-state index contributed by atoms with van der Waals surface area (Å²) < 4.78 is 31.1. The highest BCUT2D eigenvalue weighted by Crippen LogP contribution is 2.24. The molecule has 2 aromatic rings. The summed E-state index contributed by atoms with van der Waals surface area (Å²) in [5.74, 6) is -3.20. The van der Waals surface area contributed by atoms with E-state index in [4.69, 9.17) is 4.74 Å². The lowest BCUT2D eigenvalue weighted by molar-refractivity contribution is -0.124. The zero-order valence-electron chi connectivity index (χ0n) is 15.1. The third-order valence-corrected chi connectivity index (χ3v) is 4.68. The minimum Gasteiger partial charge on any atom is -0.452 e. The summed E-state index contributed by atoms with van der Waals surface area (Å²) in [6, 6.07) is 8.35. The molecule has 27 heavy (non-hydrogen) atoms. The van der Waals surface area contributed by atoms with Crippen LogP contribution in [0.15, 0.2) is 36.4 Å². The molecule has 1 amide bonds. The minimum atomic E-state index is -0.954. The average Bonchev–Trinajstić information content (AvgIpc) is 2.64. The smallest absolute Gasteiger partial charge is 0.338 e. The number of ether oxygens (including phenoxy) is 1. The van der Waals surface area contributed by atoms with Gasteiger partial charge in [-0.1, -0.05) is 18.2 Å². The molecule has 0 saturated heterocycles. The van der Waals surface area contributed by atoms with E-state index >= 15 is 0 Å². The van der Waals surface area contributed by atoms with Crippen molar-refractivity contribution < 1.29 is 23.1 Å². The molecule has 0 radical (unpaired) electrons. The van der Waals surface area contributed by atoms with Crippen molar-refractivity contribution in [2.75, 3.05) is 6.61 Å². The molecule has 1 N–H and O–H groups in total. The first-order valence-corrected chi connectivity index (χ1v) is 8.96. The number of aryl methyl sites for hydroxylation is 2. The van der Waals surface area contributed by atoms with Crippen LogP contribution in [0.25, 0.3) is 0 Å². The van der Waals surface area contributed by atoms with Crippen molar-refractivity contribution in [1.29, 1.82) is 0 Å². The van der Waals surface area contributed by atoms with E-state index in [1.165, 1.54) is 24.0 Å². The van der Waals surface area contributed by atoms with Gasteiger partial charge in [-0.2, -0.15) is 0 Å². The van der Waals surface area contributed by atoms with Crippen LogP contribution in [-0.2, 0) is 22.4 Å². The number of hydrogen-bond acceptors (Lipinski definition) is 3. The number of halogens is 2. The maximum atomic E-state index is 13.1. The van der Waals surface area contributed by atoms with E-state index in [0.717, 1.165) is 30.5 Å². The molecule has 0 spiro atoms. The van der Waals surface area contributed by atoms with Crippen LogP contribution >= 0.6 is 0 Å². The van der Waals surface area contributed by atoms with Gasteiger partial charge < -0.3 is 10.1 Å². The van der Waals surface area contributed by atoms with Crippen molar-refractivity contribution in [3.63, 3.8) is 0 Å². The van der Waals surface area contributed by atoms with Gasteiger partial charge in [0.05, 0.1) is 11.6 Å². The highest BCUT2D eigenvalue weighted by Gasteiger charge is 2.16. The summed E-state index contributed by atoms with van der Waals surface area (Å²) in [4.78, 5) is 23.9. The quantitative estimate of drug-likeness (QED) is 0.810. The van der Waals surface area contributed by atoms with Crippen molar-refractivity contribution in [1.82, 2.24) is 5.32 Å². The third kappa shape index (κ3) is 4.90. The highest BCUT2D eigenvalue weighted by molar-refractivity contribution is 5.91. The van der Waals surface area contributed by atoms with Crippen LogP contribution in [0.1, 0.15) is 52.9 Å². The molecular weight excluding hydrogens is 352 g/mol. The monoisotopic (exact) mass is 373 g/mol. The number of rotatable bonds is 5. The summed E-state index contributed by atoms with van der Waals surface area (Å²) >= 11 is 0. The van der Waals surface area contributed by atoms with E-state index in [-0.39, 0.29) is 11.6 Å². The van der Waals surface area contributed by atoms with Crippen molar-refractivity contribution in [3.8, 4) is 0 Å². The lowest BCUT2D eigenvalue weighted by Crippen LogP contribution is -2.31. The molecule has 0 aromatic heterocycles. The molecule has 1 aliphatic carbocycles. The molecule has 1 aliphatic rings. The number of nitrogens with one attached hydrogen (secondary N) is 1. The summed E-state index contributed by atoms with van der Waals surface area (Å²) in [6.07, 6.45) is 4.52. The fraction of sp³-hybridized carbons (Fsp3) is 0.333. The molecule has 0 aliphatic heterocycles. The minimum absolute atomic E-state index is 0.241. The molecule has 6 heteroatoms. The van der Waals surface area contributed by atoms with Crippen molar-refractivity contribution in [2.24, 2.45) is 0 Å². The van der Waals surface area contributed by atoms with Crippen LogP contribution in [0.4, 0.5) is 8.78 Å². The predicted octanol–water partition coefficient (Wildman–Crippen LogP) is 3.88. The first kappa shape index (κ1) is 19.0. The second-order valence-electron chi connectivity index (χ2n) is 6.76. The van der Waals surface area contributed by atoms with Crippen molar-refractivity contribution in [2.45, 2.75) is 38.6 Å². The van der Waals surface area contributed by atoms with Crippen molar-refractivity contribution in [3.05, 3.63) is 70.3 Å². The zero-order valence-corrected chi connectivity index (χ0v) is 15.1. The van der Waals surface area contributed by atoms with Gasteiger partial charge in [-0.3, -0.25) is 4.79 Å². The van der Waals surface area contributed by atoms with Crippen LogP contribution in [0, 0.1) is 11.6 Å². The van der Waals surface area contributed by atoms with Gasteiger partial charge in [0, 0.05) is 6.07 Å². The topological polar surface area (TPSA) is 55.4 Å². The Hall–Kier alpha value is -2.76. The van der Waals surface area contributed by atoms with Gasteiger partial charge in [-0.05, 0) is 61.4 Å². The van der Waals surface area contributed by atoms with E-state index in [2.05, 4.69) is 17.4 Å². The molecular formula is C21H21F2NO3. The fourth-order valence-corrected chi connectivity index (χ4v) is 3.28. The number of esters is 1. The van der Waals surface area contributed by atoms with E-state index in [1.54, 1.807) is 0 Å². The molecule has 142 valence electrons. The number of carbonyl (C=O) groups is 2. The first-order valence-electron chi connectivity index (χ1n) is 8.96. The van der Waals surface area contributed by atoms with Gasteiger partial charge in [-0.25, -0.2) is 13.6 Å². The summed E-state index contributed by atoms with van der Waals surface area (Å²) in [5, 5.41) is 2.77. The molecule has 0 fully saturated rings. The van der Waals surface area contributed by atoms with Crippen LogP contribution in [0.2, 0.25) is 0 Å². The number of hydrogen-bond donors (Lipinski definition) is 1. The lowest BCUT2D eigenvalue weighted by Gasteiger charge is -2.20. The van der Waals surface area contributed by atoms with Gasteiger partial charge in [0.15, 0.2) is 6.61 Å². The normalized spacial score (nSPS) is 14.2. The number of carbonyl (C=O) groups excluding carboxylic acids is 2. The fourth-order valence-electron chi connectivity index (χ4n) is 3.28. The molecule has 0 bridgehead atoms. The molecule has 2 aromatic carbocycles. The Balaban J connectivity index is 1.55. The molecule has 1 atom stereocenters. The summed E-state index contributed by atoms with van der Waals surface area (Å²) in [5.41, 5.74) is 3.39. The van der Waals surface area contributed by atoms with Crippen molar-refractivity contribution >= 4 is 11.9 Å². The summed E-state index contributed by atoms with van der Waals surface area (Å²) in [6.45, 7) is 1.33. The van der Waals surface area contributed by atoms with Gasteiger partial charge in [0.1, 0.15) is 11.6 Å². The average molecular weight is 373 g/mol. The van der Waals surface area contributed by atoms with Crippen LogP contribution < -0.4 is 5.32 Å². The predicted molar refractivity (Wildman–Crippen MR) is 96.3 cm³/mol. The molecule has 3 rings (SSSR count). The molecule has 4 nitrogen and oxygen atoms in total. The Morgan fingerprint density at radius 2 is 1.70 bits per heavy atom. The second kappa shape index (κ2) is 8.29. The first-order chi connectivity index (χ1) is 12.9. The second-order valence-corrected chi connectivity index (χ2v) is 6.76. The Morgan fingerprint density at radius 3 is 2.41 bits per heavy atom. The van der Waals surface area contributed by atoms with E-state index in [0.29, 0.717) is 6.07 Å². The maximum Gasteiger partial charge on any atom is 0.338 e. The van der Waals surface area contributed by atoms with Crippen LogP contribution in [0.5, 0.6) is 0 Å².